The van der Waals surface area contributed by atoms with Gasteiger partial charge in [0.25, 0.3) is 0 Å². The molecule has 3 rings (SSSR count). The summed E-state index contributed by atoms with van der Waals surface area (Å²) in [5.41, 5.74) is 7.34. The number of nitrogens with one attached hydrogen (secondary N) is 1. The minimum absolute atomic E-state index is 0.370. The van der Waals surface area contributed by atoms with Gasteiger partial charge >= 0.3 is 5.97 Å². The molecule has 1 N–H and O–H groups in total. The third-order valence-corrected chi connectivity index (χ3v) is 7.02. The molecule has 0 aliphatic heterocycles. The fourth-order valence-electron chi connectivity index (χ4n) is 4.97. The highest BCUT2D eigenvalue weighted by atomic mass is 16.5. The fourth-order valence-corrected chi connectivity index (χ4v) is 4.97. The highest BCUT2D eigenvalue weighted by Gasteiger charge is 2.19. The van der Waals surface area contributed by atoms with Crippen LogP contribution in [-0.4, -0.2) is 23.8 Å². The van der Waals surface area contributed by atoms with Crippen molar-refractivity contribution in [2.75, 3.05) is 12.4 Å². The van der Waals surface area contributed by atoms with E-state index in [2.05, 4.69) is 55.1 Å². The molecule has 0 atom stereocenters. The molecule has 5 heteroatoms. The van der Waals surface area contributed by atoms with E-state index in [-0.39, 0.29) is 5.97 Å². The average molecular weight is 514 g/mol. The first-order chi connectivity index (χ1) is 18.5. The van der Waals surface area contributed by atoms with E-state index in [9.17, 15) is 4.79 Å². The SMILES string of the molecule is C/C=C\c1c(C)nc(Nc2ccc(/C=C/C(=O)OC)cc2)c(/N=C(\CCC)C2CCC/C=C\CCC2)c1C. The van der Waals surface area contributed by atoms with Crippen molar-refractivity contribution < 1.29 is 9.53 Å². The summed E-state index contributed by atoms with van der Waals surface area (Å²) >= 11 is 0. The number of methoxy groups -OCH3 is 1. The number of aromatic nitrogens is 1. The number of allylic oxidation sites excluding steroid dienone is 3. The molecule has 0 fully saturated rings. The molecule has 0 saturated heterocycles. The van der Waals surface area contributed by atoms with Gasteiger partial charge in [-0.2, -0.15) is 0 Å². The van der Waals surface area contributed by atoms with Crippen molar-refractivity contribution in [3.63, 3.8) is 0 Å². The second kappa shape index (κ2) is 15.1. The first-order valence-corrected chi connectivity index (χ1v) is 14.0. The van der Waals surface area contributed by atoms with E-state index in [0.717, 1.165) is 65.3 Å². The highest BCUT2D eigenvalue weighted by molar-refractivity contribution is 5.92. The number of benzene rings is 1. The third-order valence-electron chi connectivity index (χ3n) is 7.02. The molecule has 0 spiro atoms. The quantitative estimate of drug-likeness (QED) is 0.157. The van der Waals surface area contributed by atoms with Crippen LogP contribution in [-0.2, 0) is 9.53 Å². The predicted octanol–water partition coefficient (Wildman–Crippen LogP) is 9.06. The topological polar surface area (TPSA) is 63.6 Å². The molecule has 1 aliphatic rings. The number of aryl methyl sites for hydroxylation is 1. The van der Waals surface area contributed by atoms with Crippen LogP contribution in [0.3, 0.4) is 0 Å². The summed E-state index contributed by atoms with van der Waals surface area (Å²) in [7, 11) is 1.38. The molecule has 5 nitrogen and oxygen atoms in total. The van der Waals surface area contributed by atoms with Crippen LogP contribution >= 0.6 is 0 Å². The number of ether oxygens (including phenoxy) is 1. The summed E-state index contributed by atoms with van der Waals surface area (Å²) in [4.78, 5) is 21.8. The van der Waals surface area contributed by atoms with Gasteiger partial charge in [0.2, 0.25) is 0 Å². The van der Waals surface area contributed by atoms with E-state index >= 15 is 0 Å². The van der Waals surface area contributed by atoms with E-state index in [1.165, 1.54) is 44.6 Å². The number of nitrogens with zero attached hydrogens (tertiary/aromatic N) is 2. The van der Waals surface area contributed by atoms with Gasteiger partial charge in [-0.25, -0.2) is 9.78 Å². The number of carbonyl (C=O) groups excluding carboxylic acids is 1. The second-order valence-corrected chi connectivity index (χ2v) is 9.92. The molecule has 0 unspecified atom stereocenters. The van der Waals surface area contributed by atoms with Crippen molar-refractivity contribution in [3.05, 3.63) is 71.0 Å². The smallest absolute Gasteiger partial charge is 0.330 e. The Bertz CT molecular complexity index is 1180. The van der Waals surface area contributed by atoms with E-state index < -0.39 is 0 Å². The monoisotopic (exact) mass is 513 g/mol. The lowest BCUT2D eigenvalue weighted by atomic mass is 9.89. The van der Waals surface area contributed by atoms with Crippen LogP contribution < -0.4 is 5.32 Å². The summed E-state index contributed by atoms with van der Waals surface area (Å²) in [6, 6.07) is 7.92. The number of esters is 1. The molecule has 202 valence electrons. The molecule has 1 aromatic carbocycles. The molecular weight excluding hydrogens is 470 g/mol. The highest BCUT2D eigenvalue weighted by Crippen LogP contribution is 2.36. The van der Waals surface area contributed by atoms with Crippen LogP contribution in [0.15, 0.2) is 53.6 Å². The van der Waals surface area contributed by atoms with Crippen molar-refractivity contribution >= 4 is 41.0 Å². The minimum Gasteiger partial charge on any atom is -0.466 e. The van der Waals surface area contributed by atoms with Gasteiger partial charge < -0.3 is 10.1 Å². The van der Waals surface area contributed by atoms with Crippen LogP contribution in [0, 0.1) is 19.8 Å². The molecule has 0 saturated carbocycles. The zero-order valence-electron chi connectivity index (χ0n) is 23.7. The van der Waals surface area contributed by atoms with Gasteiger partial charge in [-0.1, -0.05) is 49.8 Å². The molecule has 1 aromatic heterocycles. The predicted molar refractivity (Wildman–Crippen MR) is 162 cm³/mol. The number of aliphatic imine (C=N–C) groups is 1. The third kappa shape index (κ3) is 8.27. The van der Waals surface area contributed by atoms with Crippen LogP contribution in [0.25, 0.3) is 12.2 Å². The Labute approximate surface area is 228 Å². The molecule has 38 heavy (non-hydrogen) atoms. The standard InChI is InChI=1S/C33H43N3O2/c1-6-14-29-24(3)32(36-30(15-7-2)27-16-12-10-8-9-11-13-17-27)33(34-25(29)4)35-28-21-18-26(19-22-28)20-23-31(37)38-5/h6,8-9,14,18-23,27H,7,10-13,15-17H2,1-5H3,(H,34,35)/b9-8-,14-6-,23-20+,36-30+. The van der Waals surface area contributed by atoms with Crippen molar-refractivity contribution in [2.24, 2.45) is 10.9 Å². The number of hydrogen-bond donors (Lipinski definition) is 1. The van der Waals surface area contributed by atoms with E-state index in [1.807, 2.05) is 31.2 Å². The lowest BCUT2D eigenvalue weighted by molar-refractivity contribution is -0.134. The zero-order valence-corrected chi connectivity index (χ0v) is 23.7. The number of hydrogen-bond acceptors (Lipinski definition) is 5. The number of pyridine rings is 1. The normalized spacial score (nSPS) is 16.3. The molecule has 1 heterocycles. The van der Waals surface area contributed by atoms with Gasteiger partial charge in [-0.3, -0.25) is 4.99 Å². The maximum Gasteiger partial charge on any atom is 0.330 e. The molecule has 0 amide bonds. The van der Waals surface area contributed by atoms with Gasteiger partial charge in [0.1, 0.15) is 5.69 Å². The van der Waals surface area contributed by atoms with Crippen LogP contribution in [0.4, 0.5) is 17.2 Å². The Kier molecular flexibility index (Phi) is 11.5. The summed E-state index contributed by atoms with van der Waals surface area (Å²) < 4.78 is 4.68. The van der Waals surface area contributed by atoms with Gasteiger partial charge in [0.15, 0.2) is 5.82 Å². The van der Waals surface area contributed by atoms with Gasteiger partial charge in [-0.15, -0.1) is 0 Å². The molecule has 0 radical (unpaired) electrons. The minimum atomic E-state index is -0.370. The number of anilines is 2. The van der Waals surface area contributed by atoms with Crippen LogP contribution in [0.1, 0.15) is 87.6 Å². The molecule has 0 bridgehead atoms. The maximum atomic E-state index is 11.4. The van der Waals surface area contributed by atoms with E-state index in [1.54, 1.807) is 6.08 Å². The zero-order chi connectivity index (χ0) is 27.3. The van der Waals surface area contributed by atoms with Crippen molar-refractivity contribution in [1.82, 2.24) is 4.98 Å². The summed E-state index contributed by atoms with van der Waals surface area (Å²) in [6.07, 6.45) is 21.2. The van der Waals surface area contributed by atoms with Gasteiger partial charge in [0.05, 0.1) is 7.11 Å². The summed E-state index contributed by atoms with van der Waals surface area (Å²) in [6.45, 7) is 8.50. The van der Waals surface area contributed by atoms with E-state index in [4.69, 9.17) is 9.98 Å². The Balaban J connectivity index is 2.01. The second-order valence-electron chi connectivity index (χ2n) is 9.92. The first-order valence-electron chi connectivity index (χ1n) is 14.0. The molecule has 2 aromatic rings. The Hall–Kier alpha value is -3.47. The van der Waals surface area contributed by atoms with Crippen molar-refractivity contribution in [1.29, 1.82) is 0 Å². The molecular formula is C33H43N3O2. The van der Waals surface area contributed by atoms with Gasteiger partial charge in [0, 0.05) is 28.7 Å². The summed E-state index contributed by atoms with van der Waals surface area (Å²) in [5, 5.41) is 3.54. The lowest BCUT2D eigenvalue weighted by Crippen LogP contribution is -2.15. The first kappa shape index (κ1) is 29.1. The fraction of sp³-hybridized carbons (Fsp3) is 0.424. The number of rotatable bonds is 9. The summed E-state index contributed by atoms with van der Waals surface area (Å²) in [5.74, 6) is 0.920. The average Bonchev–Trinajstić information content (AvgIpc) is 3.06. The Morgan fingerprint density at radius 1 is 1.11 bits per heavy atom. The Morgan fingerprint density at radius 3 is 2.39 bits per heavy atom. The maximum absolute atomic E-state index is 11.4. The van der Waals surface area contributed by atoms with Crippen molar-refractivity contribution in [2.45, 2.75) is 79.1 Å². The largest absolute Gasteiger partial charge is 0.466 e. The molecule has 1 aliphatic carbocycles. The van der Waals surface area contributed by atoms with Crippen LogP contribution in [0.2, 0.25) is 0 Å². The lowest BCUT2D eigenvalue weighted by Gasteiger charge is -2.21. The van der Waals surface area contributed by atoms with Crippen LogP contribution in [0.5, 0.6) is 0 Å². The van der Waals surface area contributed by atoms with Gasteiger partial charge in [-0.05, 0) is 101 Å². The number of carbonyl (C=O) groups is 1. The Morgan fingerprint density at radius 2 is 1.79 bits per heavy atom. The van der Waals surface area contributed by atoms with E-state index in [0.29, 0.717) is 5.92 Å². The van der Waals surface area contributed by atoms with Crippen molar-refractivity contribution in [3.8, 4) is 0 Å².